The second-order valence-corrected chi connectivity index (χ2v) is 8.71. The monoisotopic (exact) mass is 485 g/mol. The number of hydrogen-bond donors (Lipinski definition) is 0. The molecule has 1 heterocycles. The molecule has 3 aromatic carbocycles. The van der Waals surface area contributed by atoms with Gasteiger partial charge in [0, 0.05) is 6.54 Å². The second-order valence-electron chi connectivity index (χ2n) is 7.89. The maximum atomic E-state index is 13.2. The highest BCUT2D eigenvalue weighted by Gasteiger charge is 2.50. The van der Waals surface area contributed by atoms with Crippen molar-refractivity contribution >= 4 is 29.1 Å². The van der Waals surface area contributed by atoms with Crippen LogP contribution in [0.15, 0.2) is 60.7 Å². The third-order valence-corrected chi connectivity index (χ3v) is 6.61. The summed E-state index contributed by atoms with van der Waals surface area (Å²) in [6.45, 7) is 2.48. The highest BCUT2D eigenvalue weighted by molar-refractivity contribution is 6.42. The molecule has 2 atom stereocenters. The van der Waals surface area contributed by atoms with E-state index in [-0.39, 0.29) is 11.9 Å². The number of aryl methyl sites for hydroxylation is 1. The Morgan fingerprint density at radius 3 is 2.33 bits per heavy atom. The van der Waals surface area contributed by atoms with Crippen molar-refractivity contribution in [1.29, 1.82) is 0 Å². The summed E-state index contributed by atoms with van der Waals surface area (Å²) < 4.78 is 16.9. The van der Waals surface area contributed by atoms with Crippen LogP contribution in [0.5, 0.6) is 17.2 Å². The SMILES string of the molecule is COc1ccc(CCN2C(=O)C(Oc3ccccc3C)C2c2ccc(Cl)c(Cl)c2)cc1OC. The first-order valence-corrected chi connectivity index (χ1v) is 11.4. The molecule has 5 nitrogen and oxygen atoms in total. The van der Waals surface area contributed by atoms with Crippen molar-refractivity contribution in [2.75, 3.05) is 20.8 Å². The van der Waals surface area contributed by atoms with Gasteiger partial charge in [-0.1, -0.05) is 53.5 Å². The van der Waals surface area contributed by atoms with Gasteiger partial charge in [0.2, 0.25) is 6.10 Å². The number of benzene rings is 3. The fourth-order valence-corrected chi connectivity index (χ4v) is 4.35. The van der Waals surface area contributed by atoms with Gasteiger partial charge in [0.05, 0.1) is 24.3 Å². The number of para-hydroxylation sites is 1. The lowest BCUT2D eigenvalue weighted by molar-refractivity contribution is -0.164. The van der Waals surface area contributed by atoms with E-state index in [0.29, 0.717) is 40.3 Å². The van der Waals surface area contributed by atoms with Gasteiger partial charge in [-0.15, -0.1) is 0 Å². The van der Waals surface area contributed by atoms with E-state index in [0.717, 1.165) is 16.7 Å². The molecular weight excluding hydrogens is 461 g/mol. The summed E-state index contributed by atoms with van der Waals surface area (Å²) in [6, 6.07) is 18.6. The first kappa shape index (κ1) is 23.3. The second kappa shape index (κ2) is 9.94. The quantitative estimate of drug-likeness (QED) is 0.373. The van der Waals surface area contributed by atoms with Crippen molar-refractivity contribution in [1.82, 2.24) is 4.90 Å². The molecule has 3 aromatic rings. The van der Waals surface area contributed by atoms with Crippen molar-refractivity contribution in [3.8, 4) is 17.2 Å². The van der Waals surface area contributed by atoms with E-state index in [1.165, 1.54) is 0 Å². The fraction of sp³-hybridized carbons (Fsp3) is 0.269. The standard InChI is InChI=1S/C26H25Cl2NO4/c1-16-6-4-5-7-21(16)33-25-24(18-9-10-19(27)20(28)15-18)29(26(25)30)13-12-17-8-11-22(31-2)23(14-17)32-3/h4-11,14-15,24-25H,12-13H2,1-3H3. The molecule has 7 heteroatoms. The number of carbonyl (C=O) groups is 1. The van der Waals surface area contributed by atoms with Crippen LogP contribution in [0.1, 0.15) is 22.7 Å². The van der Waals surface area contributed by atoms with Crippen LogP contribution in [0.25, 0.3) is 0 Å². The van der Waals surface area contributed by atoms with Crippen molar-refractivity contribution in [2.45, 2.75) is 25.5 Å². The Labute approximate surface area is 203 Å². The fourth-order valence-electron chi connectivity index (χ4n) is 4.04. The summed E-state index contributed by atoms with van der Waals surface area (Å²) in [7, 11) is 3.21. The van der Waals surface area contributed by atoms with Crippen LogP contribution in [-0.2, 0) is 11.2 Å². The Kier molecular flexibility index (Phi) is 7.01. The Bertz CT molecular complexity index is 1170. The summed E-state index contributed by atoms with van der Waals surface area (Å²) >= 11 is 12.4. The minimum atomic E-state index is -0.631. The minimum absolute atomic E-state index is 0.0604. The van der Waals surface area contributed by atoms with Crippen molar-refractivity contribution in [2.24, 2.45) is 0 Å². The van der Waals surface area contributed by atoms with Crippen LogP contribution in [0.4, 0.5) is 0 Å². The number of nitrogens with zero attached hydrogens (tertiary/aromatic N) is 1. The van der Waals surface area contributed by atoms with Gasteiger partial charge in [-0.25, -0.2) is 0 Å². The van der Waals surface area contributed by atoms with Gasteiger partial charge >= 0.3 is 0 Å². The molecule has 0 aliphatic carbocycles. The molecule has 1 aliphatic heterocycles. The first-order chi connectivity index (χ1) is 15.9. The molecule has 1 amide bonds. The third kappa shape index (κ3) is 4.75. The largest absolute Gasteiger partial charge is 0.493 e. The van der Waals surface area contributed by atoms with E-state index in [2.05, 4.69) is 0 Å². The predicted molar refractivity (Wildman–Crippen MR) is 130 cm³/mol. The molecule has 1 fully saturated rings. The molecule has 1 saturated heterocycles. The zero-order chi connectivity index (χ0) is 23.5. The number of halogens is 2. The number of rotatable bonds is 8. The van der Waals surface area contributed by atoms with Crippen molar-refractivity contribution < 1.29 is 19.0 Å². The molecule has 0 N–H and O–H groups in total. The molecule has 0 radical (unpaired) electrons. The zero-order valence-corrected chi connectivity index (χ0v) is 20.2. The average Bonchev–Trinajstić information content (AvgIpc) is 2.83. The van der Waals surface area contributed by atoms with E-state index in [9.17, 15) is 4.79 Å². The highest BCUT2D eigenvalue weighted by atomic mass is 35.5. The van der Waals surface area contributed by atoms with Gasteiger partial charge < -0.3 is 19.1 Å². The normalized spacial score (nSPS) is 17.5. The molecule has 4 rings (SSSR count). The maximum Gasteiger partial charge on any atom is 0.266 e. The highest BCUT2D eigenvalue weighted by Crippen LogP contribution is 2.40. The number of amides is 1. The van der Waals surface area contributed by atoms with Crippen LogP contribution in [0, 0.1) is 6.92 Å². The topological polar surface area (TPSA) is 48.0 Å². The third-order valence-electron chi connectivity index (χ3n) is 5.87. The number of ether oxygens (including phenoxy) is 3. The minimum Gasteiger partial charge on any atom is -0.493 e. The summed E-state index contributed by atoms with van der Waals surface area (Å²) in [4.78, 5) is 15.0. The first-order valence-electron chi connectivity index (χ1n) is 10.6. The molecule has 0 saturated carbocycles. The van der Waals surface area contributed by atoms with Gasteiger partial charge in [0.15, 0.2) is 11.5 Å². The van der Waals surface area contributed by atoms with Crippen molar-refractivity contribution in [3.63, 3.8) is 0 Å². The van der Waals surface area contributed by atoms with Crippen LogP contribution in [0.3, 0.4) is 0 Å². The van der Waals surface area contributed by atoms with Gasteiger partial charge in [-0.05, 0) is 60.4 Å². The molecule has 0 bridgehead atoms. The number of methoxy groups -OCH3 is 2. The Balaban J connectivity index is 1.57. The van der Waals surface area contributed by atoms with Crippen molar-refractivity contribution in [3.05, 3.63) is 87.4 Å². The van der Waals surface area contributed by atoms with Gasteiger partial charge in [0.1, 0.15) is 11.8 Å². The molecule has 1 aliphatic rings. The van der Waals surface area contributed by atoms with E-state index in [1.54, 1.807) is 26.4 Å². The Morgan fingerprint density at radius 2 is 1.64 bits per heavy atom. The van der Waals surface area contributed by atoms with Crippen LogP contribution < -0.4 is 14.2 Å². The summed E-state index contributed by atoms with van der Waals surface area (Å²) in [5.41, 5.74) is 2.90. The van der Waals surface area contributed by atoms with Gasteiger partial charge in [-0.2, -0.15) is 0 Å². The molecule has 172 valence electrons. The lowest BCUT2D eigenvalue weighted by atomic mass is 9.89. The smallest absolute Gasteiger partial charge is 0.266 e. The number of carbonyl (C=O) groups excluding carboxylic acids is 1. The zero-order valence-electron chi connectivity index (χ0n) is 18.7. The van der Waals surface area contributed by atoms with Crippen LogP contribution in [-0.4, -0.2) is 37.7 Å². The average molecular weight is 486 g/mol. The number of β-lactam (4-membered cyclic amide) rings is 1. The molecule has 0 aromatic heterocycles. The molecule has 33 heavy (non-hydrogen) atoms. The Morgan fingerprint density at radius 1 is 0.879 bits per heavy atom. The molecule has 2 unspecified atom stereocenters. The number of likely N-dealkylation sites (tertiary alicyclic amines) is 1. The number of hydrogen-bond acceptors (Lipinski definition) is 4. The van der Waals surface area contributed by atoms with Crippen LogP contribution in [0.2, 0.25) is 10.0 Å². The lowest BCUT2D eigenvalue weighted by Crippen LogP contribution is -2.61. The van der Waals surface area contributed by atoms with E-state index in [1.807, 2.05) is 60.4 Å². The molecule has 0 spiro atoms. The van der Waals surface area contributed by atoms with E-state index >= 15 is 0 Å². The summed E-state index contributed by atoms with van der Waals surface area (Å²) in [6.07, 6.45) is 0.0230. The summed E-state index contributed by atoms with van der Waals surface area (Å²) in [5, 5.41) is 0.919. The predicted octanol–water partition coefficient (Wildman–Crippen LogP) is 5.89. The summed E-state index contributed by atoms with van der Waals surface area (Å²) in [5.74, 6) is 1.96. The maximum absolute atomic E-state index is 13.2. The molecular formula is C26H25Cl2NO4. The van der Waals surface area contributed by atoms with E-state index < -0.39 is 6.10 Å². The van der Waals surface area contributed by atoms with Gasteiger partial charge in [-0.3, -0.25) is 4.79 Å². The Hall–Kier alpha value is -2.89. The van der Waals surface area contributed by atoms with Gasteiger partial charge in [0.25, 0.3) is 5.91 Å². The van der Waals surface area contributed by atoms with Crippen LogP contribution >= 0.6 is 23.2 Å². The lowest BCUT2D eigenvalue weighted by Gasteiger charge is -2.47. The van der Waals surface area contributed by atoms with E-state index in [4.69, 9.17) is 37.4 Å².